The van der Waals surface area contributed by atoms with E-state index in [1.807, 2.05) is 33.8 Å². The molecule has 1 unspecified atom stereocenters. The molecule has 0 aromatic carbocycles. The minimum Gasteiger partial charge on any atom is -0.463 e. The van der Waals surface area contributed by atoms with Crippen molar-refractivity contribution in [3.05, 3.63) is 11.6 Å². The van der Waals surface area contributed by atoms with E-state index in [0.29, 0.717) is 18.6 Å². The average Bonchev–Trinajstić information content (AvgIpc) is 2.36. The van der Waals surface area contributed by atoms with Gasteiger partial charge in [0.1, 0.15) is 5.60 Å². The Morgan fingerprint density at radius 2 is 2.00 bits per heavy atom. The molecule has 1 aliphatic rings. The highest BCUT2D eigenvalue weighted by Gasteiger charge is 2.32. The third-order valence-corrected chi connectivity index (χ3v) is 3.05. The predicted octanol–water partition coefficient (Wildman–Crippen LogP) is 2.90. The van der Waals surface area contributed by atoms with Gasteiger partial charge in [0.15, 0.2) is 0 Å². The van der Waals surface area contributed by atoms with Crippen molar-refractivity contribution >= 4 is 12.1 Å². The molecule has 20 heavy (non-hydrogen) atoms. The zero-order valence-corrected chi connectivity index (χ0v) is 13.1. The van der Waals surface area contributed by atoms with Crippen LogP contribution in [0.3, 0.4) is 0 Å². The Bertz CT molecular complexity index is 395. The van der Waals surface area contributed by atoms with Gasteiger partial charge < -0.3 is 14.4 Å². The molecule has 0 saturated heterocycles. The molecule has 1 atom stereocenters. The second kappa shape index (κ2) is 6.77. The Morgan fingerprint density at radius 3 is 2.50 bits per heavy atom. The highest BCUT2D eigenvalue weighted by molar-refractivity contribution is 5.90. The zero-order chi connectivity index (χ0) is 15.3. The van der Waals surface area contributed by atoms with Gasteiger partial charge in [-0.05, 0) is 40.5 Å². The van der Waals surface area contributed by atoms with E-state index in [0.717, 1.165) is 6.42 Å². The maximum absolute atomic E-state index is 12.2. The third kappa shape index (κ3) is 4.54. The Morgan fingerprint density at radius 1 is 1.35 bits per heavy atom. The Balaban J connectivity index is 2.80. The van der Waals surface area contributed by atoms with E-state index in [-0.39, 0.29) is 24.6 Å². The van der Waals surface area contributed by atoms with Gasteiger partial charge in [0.25, 0.3) is 0 Å². The van der Waals surface area contributed by atoms with Gasteiger partial charge >= 0.3 is 12.1 Å². The summed E-state index contributed by atoms with van der Waals surface area (Å²) in [5.41, 5.74) is -0.0110. The van der Waals surface area contributed by atoms with Crippen molar-refractivity contribution in [1.29, 1.82) is 0 Å². The van der Waals surface area contributed by atoms with Gasteiger partial charge in [0, 0.05) is 6.04 Å². The summed E-state index contributed by atoms with van der Waals surface area (Å²) in [6.07, 6.45) is 2.97. The number of nitrogens with zero attached hydrogens (tertiary/aromatic N) is 1. The summed E-state index contributed by atoms with van der Waals surface area (Å²) in [5.74, 6) is -0.351. The summed E-state index contributed by atoms with van der Waals surface area (Å²) in [4.78, 5) is 25.6. The van der Waals surface area contributed by atoms with Gasteiger partial charge in [-0.15, -0.1) is 0 Å². The molecule has 114 valence electrons. The fourth-order valence-electron chi connectivity index (χ4n) is 2.08. The lowest BCUT2D eigenvalue weighted by molar-refractivity contribution is -0.138. The van der Waals surface area contributed by atoms with Crippen LogP contribution in [0, 0.1) is 0 Å². The molecule has 1 rings (SSSR count). The molecular formula is C15H25NO4. The first-order chi connectivity index (χ1) is 9.28. The van der Waals surface area contributed by atoms with Gasteiger partial charge in [-0.2, -0.15) is 0 Å². The molecule has 0 spiro atoms. The number of ether oxygens (including phenoxy) is 2. The summed E-state index contributed by atoms with van der Waals surface area (Å²) in [6, 6.07) is 0.0722. The number of carbonyl (C=O) groups is 2. The van der Waals surface area contributed by atoms with Crippen molar-refractivity contribution < 1.29 is 19.1 Å². The zero-order valence-electron chi connectivity index (χ0n) is 13.1. The molecule has 0 aliphatic carbocycles. The second-order valence-electron chi connectivity index (χ2n) is 5.86. The van der Waals surface area contributed by atoms with Gasteiger partial charge in [-0.25, -0.2) is 9.59 Å². The SMILES string of the molecule is CCOC(=O)C1=CCC(CC)N(C(=O)OC(C)(C)C)C1. The van der Waals surface area contributed by atoms with Crippen LogP contribution in [0.2, 0.25) is 0 Å². The first-order valence-electron chi connectivity index (χ1n) is 7.14. The lowest BCUT2D eigenvalue weighted by atomic mass is 10.0. The van der Waals surface area contributed by atoms with E-state index in [9.17, 15) is 9.59 Å². The number of esters is 1. The number of rotatable bonds is 3. The highest BCUT2D eigenvalue weighted by atomic mass is 16.6. The van der Waals surface area contributed by atoms with Crippen LogP contribution < -0.4 is 0 Å². The molecule has 0 N–H and O–H groups in total. The van der Waals surface area contributed by atoms with Crippen LogP contribution in [0.15, 0.2) is 11.6 Å². The normalized spacial score (nSPS) is 19.4. The van der Waals surface area contributed by atoms with Crippen LogP contribution in [0.5, 0.6) is 0 Å². The summed E-state index contributed by atoms with van der Waals surface area (Å²) in [6.45, 7) is 9.87. The highest BCUT2D eigenvalue weighted by Crippen LogP contribution is 2.22. The monoisotopic (exact) mass is 283 g/mol. The first kappa shape index (κ1) is 16.5. The fraction of sp³-hybridized carbons (Fsp3) is 0.733. The average molecular weight is 283 g/mol. The maximum atomic E-state index is 12.2. The second-order valence-corrected chi connectivity index (χ2v) is 5.86. The minimum absolute atomic E-state index is 0.0722. The van der Waals surface area contributed by atoms with Crippen LogP contribution in [-0.2, 0) is 14.3 Å². The number of carbonyl (C=O) groups excluding carboxylic acids is 2. The standard InChI is InChI=1S/C15H25NO4/c1-6-12-9-8-11(13(17)19-7-2)10-16(12)14(18)20-15(3,4)5/h8,12H,6-7,9-10H2,1-5H3. The molecule has 0 bridgehead atoms. The minimum atomic E-state index is -0.541. The molecule has 1 amide bonds. The van der Waals surface area contributed by atoms with Crippen molar-refractivity contribution in [2.24, 2.45) is 0 Å². The van der Waals surface area contributed by atoms with Crippen LogP contribution in [0.1, 0.15) is 47.5 Å². The smallest absolute Gasteiger partial charge is 0.410 e. The lowest BCUT2D eigenvalue weighted by Gasteiger charge is -2.35. The largest absolute Gasteiger partial charge is 0.463 e. The van der Waals surface area contributed by atoms with Gasteiger partial charge in [-0.1, -0.05) is 13.0 Å². The van der Waals surface area contributed by atoms with Crippen molar-refractivity contribution in [2.45, 2.75) is 59.1 Å². The van der Waals surface area contributed by atoms with E-state index in [1.54, 1.807) is 11.8 Å². The van der Waals surface area contributed by atoms with Crippen molar-refractivity contribution in [1.82, 2.24) is 4.90 Å². The summed E-state index contributed by atoms with van der Waals surface area (Å²) >= 11 is 0. The first-order valence-corrected chi connectivity index (χ1v) is 7.14. The van der Waals surface area contributed by atoms with Gasteiger partial charge in [0.05, 0.1) is 18.7 Å². The predicted molar refractivity (Wildman–Crippen MR) is 76.4 cm³/mol. The fourth-order valence-corrected chi connectivity index (χ4v) is 2.08. The lowest BCUT2D eigenvalue weighted by Crippen LogP contribution is -2.46. The Labute approximate surface area is 120 Å². The summed E-state index contributed by atoms with van der Waals surface area (Å²) in [7, 11) is 0. The maximum Gasteiger partial charge on any atom is 0.410 e. The number of hydrogen-bond acceptors (Lipinski definition) is 4. The molecule has 0 aromatic rings. The van der Waals surface area contributed by atoms with E-state index in [2.05, 4.69) is 0 Å². The van der Waals surface area contributed by atoms with E-state index in [4.69, 9.17) is 9.47 Å². The van der Waals surface area contributed by atoms with Gasteiger partial charge in [0.2, 0.25) is 0 Å². The Hall–Kier alpha value is -1.52. The molecule has 0 fully saturated rings. The Kier molecular flexibility index (Phi) is 5.60. The number of amides is 1. The van der Waals surface area contributed by atoms with Crippen LogP contribution in [-0.4, -0.2) is 41.8 Å². The van der Waals surface area contributed by atoms with Crippen molar-refractivity contribution in [3.8, 4) is 0 Å². The van der Waals surface area contributed by atoms with Crippen LogP contribution in [0.25, 0.3) is 0 Å². The molecule has 5 nitrogen and oxygen atoms in total. The van der Waals surface area contributed by atoms with Gasteiger partial charge in [-0.3, -0.25) is 0 Å². The molecule has 0 aromatic heterocycles. The molecule has 1 aliphatic heterocycles. The molecule has 1 heterocycles. The molecule has 5 heteroatoms. The van der Waals surface area contributed by atoms with Crippen LogP contribution in [0.4, 0.5) is 4.79 Å². The molecule has 0 radical (unpaired) electrons. The topological polar surface area (TPSA) is 55.8 Å². The quantitative estimate of drug-likeness (QED) is 0.747. The summed E-state index contributed by atoms with van der Waals surface area (Å²) < 4.78 is 10.4. The van der Waals surface area contributed by atoms with Crippen LogP contribution >= 0.6 is 0 Å². The van der Waals surface area contributed by atoms with Crippen molar-refractivity contribution in [3.63, 3.8) is 0 Å². The molecular weight excluding hydrogens is 258 g/mol. The van der Waals surface area contributed by atoms with Crippen molar-refractivity contribution in [2.75, 3.05) is 13.2 Å². The van der Waals surface area contributed by atoms with E-state index in [1.165, 1.54) is 0 Å². The number of hydrogen-bond donors (Lipinski definition) is 0. The van der Waals surface area contributed by atoms with E-state index >= 15 is 0 Å². The van der Waals surface area contributed by atoms with E-state index < -0.39 is 5.60 Å². The summed E-state index contributed by atoms with van der Waals surface area (Å²) in [5, 5.41) is 0. The third-order valence-electron chi connectivity index (χ3n) is 3.05. The molecule has 0 saturated carbocycles.